The highest BCUT2D eigenvalue weighted by atomic mass is 16.3. The Bertz CT molecular complexity index is 424. The normalized spacial score (nSPS) is 22.3. The van der Waals surface area contributed by atoms with Crippen molar-refractivity contribution in [2.24, 2.45) is 0 Å². The number of aromatic hydroxyl groups is 1. The molecule has 0 saturated heterocycles. The van der Waals surface area contributed by atoms with Crippen LogP contribution in [0.4, 0.5) is 5.69 Å². The molecule has 2 unspecified atom stereocenters. The average molecular weight is 233 g/mol. The quantitative estimate of drug-likeness (QED) is 0.784. The summed E-state index contributed by atoms with van der Waals surface area (Å²) in [6.45, 7) is 5.87. The van der Waals surface area contributed by atoms with Crippen LogP contribution in [-0.2, 0) is 0 Å². The topological polar surface area (TPSA) is 43.7 Å². The van der Waals surface area contributed by atoms with Crippen molar-refractivity contribution in [1.82, 2.24) is 0 Å². The smallest absolute Gasteiger partial charge is 0.139 e. The first kappa shape index (κ1) is 12.0. The third-order valence-corrected chi connectivity index (χ3v) is 3.37. The van der Waals surface area contributed by atoms with E-state index in [0.29, 0.717) is 5.75 Å². The van der Waals surface area contributed by atoms with Crippen LogP contribution in [0.5, 0.6) is 5.75 Å². The predicted molar refractivity (Wildman–Crippen MR) is 69.6 cm³/mol. The molecule has 0 heterocycles. The van der Waals surface area contributed by atoms with E-state index in [2.05, 4.69) is 18.7 Å². The van der Waals surface area contributed by atoms with Crippen molar-refractivity contribution < 1.29 is 10.2 Å². The van der Waals surface area contributed by atoms with Gasteiger partial charge in [-0.15, -0.1) is 0 Å². The van der Waals surface area contributed by atoms with Crippen molar-refractivity contribution in [3.8, 4) is 5.75 Å². The summed E-state index contributed by atoms with van der Waals surface area (Å²) in [5, 5.41) is 19.6. The largest absolute Gasteiger partial charge is 0.506 e. The predicted octanol–water partition coefficient (Wildman–Crippen LogP) is 2.25. The summed E-state index contributed by atoms with van der Waals surface area (Å²) in [5.74, 6) is 0.324. The Labute approximate surface area is 102 Å². The molecule has 17 heavy (non-hydrogen) atoms. The average Bonchev–Trinajstić information content (AvgIpc) is 2.31. The van der Waals surface area contributed by atoms with Gasteiger partial charge in [-0.1, -0.05) is 18.2 Å². The van der Waals surface area contributed by atoms with Gasteiger partial charge in [0.2, 0.25) is 0 Å². The minimum atomic E-state index is -0.409. The summed E-state index contributed by atoms with van der Waals surface area (Å²) in [4.78, 5) is 2.10. The van der Waals surface area contributed by atoms with Gasteiger partial charge >= 0.3 is 0 Å². The molecule has 1 aliphatic rings. The molecular formula is C14H19NO2. The number of hydrogen-bond donors (Lipinski definition) is 2. The molecule has 2 N–H and O–H groups in total. The van der Waals surface area contributed by atoms with Crippen LogP contribution in [0.1, 0.15) is 25.3 Å². The Kier molecular flexibility index (Phi) is 3.38. The van der Waals surface area contributed by atoms with E-state index >= 15 is 0 Å². The minimum Gasteiger partial charge on any atom is -0.506 e. The van der Waals surface area contributed by atoms with Crippen LogP contribution in [0.15, 0.2) is 30.4 Å². The van der Waals surface area contributed by atoms with Crippen molar-refractivity contribution in [3.63, 3.8) is 0 Å². The molecule has 1 aromatic carbocycles. The maximum absolute atomic E-state index is 10.0. The molecule has 3 heteroatoms. The van der Waals surface area contributed by atoms with Gasteiger partial charge in [0.1, 0.15) is 5.75 Å². The highest BCUT2D eigenvalue weighted by Gasteiger charge is 2.24. The zero-order valence-electron chi connectivity index (χ0n) is 10.3. The summed E-state index contributed by atoms with van der Waals surface area (Å²) in [6.07, 6.45) is 3.31. The lowest BCUT2D eigenvalue weighted by molar-refractivity contribution is 0.188. The zero-order valence-corrected chi connectivity index (χ0v) is 10.3. The first-order valence-electron chi connectivity index (χ1n) is 6.11. The molecular weight excluding hydrogens is 214 g/mol. The number of phenolic OH excluding ortho intramolecular Hbond substituents is 1. The summed E-state index contributed by atoms with van der Waals surface area (Å²) in [7, 11) is 0. The lowest BCUT2D eigenvalue weighted by Crippen LogP contribution is -2.23. The molecule has 0 radical (unpaired) electrons. The van der Waals surface area contributed by atoms with E-state index in [0.717, 1.165) is 24.3 Å². The SMILES string of the molecule is CCN(CC)c1ccc(C2C=CC2O)cc1O. The second kappa shape index (κ2) is 4.80. The first-order valence-corrected chi connectivity index (χ1v) is 6.11. The summed E-state index contributed by atoms with van der Waals surface area (Å²) in [5.41, 5.74) is 1.82. The fourth-order valence-electron chi connectivity index (χ4n) is 2.21. The number of phenols is 1. The van der Waals surface area contributed by atoms with E-state index < -0.39 is 6.10 Å². The Morgan fingerprint density at radius 2 is 1.88 bits per heavy atom. The van der Waals surface area contributed by atoms with E-state index in [9.17, 15) is 10.2 Å². The van der Waals surface area contributed by atoms with Gasteiger partial charge in [-0.3, -0.25) is 0 Å². The van der Waals surface area contributed by atoms with E-state index in [1.807, 2.05) is 18.2 Å². The van der Waals surface area contributed by atoms with Gasteiger partial charge in [-0.2, -0.15) is 0 Å². The maximum Gasteiger partial charge on any atom is 0.139 e. The highest BCUT2D eigenvalue weighted by Crippen LogP contribution is 2.35. The molecule has 0 fully saturated rings. The fraction of sp³-hybridized carbons (Fsp3) is 0.429. The Morgan fingerprint density at radius 1 is 1.18 bits per heavy atom. The van der Waals surface area contributed by atoms with Crippen LogP contribution in [0.25, 0.3) is 0 Å². The molecule has 2 rings (SSSR count). The Morgan fingerprint density at radius 3 is 2.29 bits per heavy atom. The van der Waals surface area contributed by atoms with Gasteiger partial charge in [-0.05, 0) is 31.5 Å². The van der Waals surface area contributed by atoms with Crippen molar-refractivity contribution in [3.05, 3.63) is 35.9 Å². The molecule has 2 atom stereocenters. The molecule has 0 saturated carbocycles. The number of aliphatic hydroxyl groups excluding tert-OH is 1. The second-order valence-electron chi connectivity index (χ2n) is 4.32. The van der Waals surface area contributed by atoms with Crippen LogP contribution in [0.2, 0.25) is 0 Å². The third-order valence-electron chi connectivity index (χ3n) is 3.37. The number of hydrogen-bond acceptors (Lipinski definition) is 3. The molecule has 0 amide bonds. The number of benzene rings is 1. The molecule has 3 nitrogen and oxygen atoms in total. The van der Waals surface area contributed by atoms with E-state index in [1.165, 1.54) is 0 Å². The molecule has 0 aromatic heterocycles. The van der Waals surface area contributed by atoms with Crippen molar-refractivity contribution >= 4 is 5.69 Å². The monoisotopic (exact) mass is 233 g/mol. The van der Waals surface area contributed by atoms with Crippen LogP contribution in [0.3, 0.4) is 0 Å². The van der Waals surface area contributed by atoms with Crippen molar-refractivity contribution in [2.45, 2.75) is 25.9 Å². The first-order chi connectivity index (χ1) is 8.17. The Balaban J connectivity index is 2.25. The third kappa shape index (κ3) is 2.15. The summed E-state index contributed by atoms with van der Waals surface area (Å²) >= 11 is 0. The molecule has 0 spiro atoms. The Hall–Kier alpha value is -1.48. The standard InChI is InChI=1S/C14H19NO2/c1-3-15(4-2)12-7-5-10(9-14(12)17)11-6-8-13(11)16/h5-9,11,13,16-17H,3-4H2,1-2H3. The van der Waals surface area contributed by atoms with Crippen LogP contribution >= 0.6 is 0 Å². The van der Waals surface area contributed by atoms with Crippen LogP contribution < -0.4 is 4.90 Å². The van der Waals surface area contributed by atoms with E-state index in [4.69, 9.17) is 0 Å². The lowest BCUT2D eigenvalue weighted by atomic mass is 9.85. The van der Waals surface area contributed by atoms with E-state index in [-0.39, 0.29) is 5.92 Å². The molecule has 92 valence electrons. The lowest BCUT2D eigenvalue weighted by Gasteiger charge is -2.27. The van der Waals surface area contributed by atoms with Gasteiger partial charge in [0, 0.05) is 19.0 Å². The van der Waals surface area contributed by atoms with Gasteiger partial charge in [0.15, 0.2) is 0 Å². The van der Waals surface area contributed by atoms with Crippen LogP contribution in [0, 0.1) is 0 Å². The molecule has 1 aliphatic carbocycles. The highest BCUT2D eigenvalue weighted by molar-refractivity contribution is 5.60. The maximum atomic E-state index is 10.0. The zero-order chi connectivity index (χ0) is 12.4. The van der Waals surface area contributed by atoms with Gasteiger partial charge in [0.05, 0.1) is 11.8 Å². The second-order valence-corrected chi connectivity index (χ2v) is 4.32. The van der Waals surface area contributed by atoms with Gasteiger partial charge in [0.25, 0.3) is 0 Å². The van der Waals surface area contributed by atoms with Crippen LogP contribution in [-0.4, -0.2) is 29.4 Å². The number of nitrogens with zero attached hydrogens (tertiary/aromatic N) is 1. The summed E-state index contributed by atoms with van der Waals surface area (Å²) < 4.78 is 0. The minimum absolute atomic E-state index is 0.0339. The van der Waals surface area contributed by atoms with E-state index in [1.54, 1.807) is 12.1 Å². The van der Waals surface area contributed by atoms with Gasteiger partial charge < -0.3 is 15.1 Å². The van der Waals surface area contributed by atoms with Crippen molar-refractivity contribution in [2.75, 3.05) is 18.0 Å². The van der Waals surface area contributed by atoms with Gasteiger partial charge in [-0.25, -0.2) is 0 Å². The molecule has 1 aromatic rings. The number of rotatable bonds is 4. The fourth-order valence-corrected chi connectivity index (χ4v) is 2.21. The number of anilines is 1. The van der Waals surface area contributed by atoms with Crippen molar-refractivity contribution in [1.29, 1.82) is 0 Å². The summed E-state index contributed by atoms with van der Waals surface area (Å²) in [6, 6.07) is 5.66. The molecule has 0 aliphatic heterocycles. The number of aliphatic hydroxyl groups is 1. The molecule has 0 bridgehead atoms.